The molecule has 0 spiro atoms. The molecule has 0 aliphatic heterocycles. The summed E-state index contributed by atoms with van der Waals surface area (Å²) in [5, 5.41) is 25.9. The zero-order valence-electron chi connectivity index (χ0n) is 10.9. The van der Waals surface area contributed by atoms with Crippen LogP contribution in [0.15, 0.2) is 24.3 Å². The average Bonchev–Trinajstić information content (AvgIpc) is 2.86. The van der Waals surface area contributed by atoms with E-state index in [2.05, 4.69) is 10.3 Å². The number of rotatable bonds is 6. The first-order valence-electron chi connectivity index (χ1n) is 6.32. The Labute approximate surface area is 116 Å². The Morgan fingerprint density at radius 3 is 2.55 bits per heavy atom. The standard InChI is InChI=1S/C14H16FN3O2/c15-12-5-2-11(3-6-12)4-7-14-13(10-20)16-17-18(14)8-1-9-19/h2-7,19-20H,1,8-10H2/b7-4+. The molecule has 5 nitrogen and oxygen atoms in total. The molecule has 1 aromatic carbocycles. The Balaban J connectivity index is 2.22. The van der Waals surface area contributed by atoms with Crippen molar-refractivity contribution in [3.63, 3.8) is 0 Å². The summed E-state index contributed by atoms with van der Waals surface area (Å²) in [6.45, 7) is 0.379. The molecule has 0 saturated carbocycles. The molecule has 106 valence electrons. The van der Waals surface area contributed by atoms with Gasteiger partial charge in [0.25, 0.3) is 0 Å². The quantitative estimate of drug-likeness (QED) is 0.838. The number of aryl methyl sites for hydroxylation is 1. The number of benzene rings is 1. The average molecular weight is 277 g/mol. The van der Waals surface area contributed by atoms with Crippen molar-refractivity contribution >= 4 is 12.2 Å². The molecule has 0 fully saturated rings. The van der Waals surface area contributed by atoms with Crippen LogP contribution in [0.2, 0.25) is 0 Å². The highest BCUT2D eigenvalue weighted by atomic mass is 19.1. The second kappa shape index (κ2) is 6.93. The van der Waals surface area contributed by atoms with Crippen LogP contribution in [0, 0.1) is 5.82 Å². The van der Waals surface area contributed by atoms with Crippen LogP contribution < -0.4 is 0 Å². The van der Waals surface area contributed by atoms with Gasteiger partial charge < -0.3 is 10.2 Å². The van der Waals surface area contributed by atoms with E-state index in [0.717, 1.165) is 5.56 Å². The lowest BCUT2D eigenvalue weighted by Gasteiger charge is -2.02. The van der Waals surface area contributed by atoms with Crippen molar-refractivity contribution in [2.75, 3.05) is 6.61 Å². The molecular weight excluding hydrogens is 261 g/mol. The van der Waals surface area contributed by atoms with Gasteiger partial charge in [-0.2, -0.15) is 0 Å². The zero-order valence-corrected chi connectivity index (χ0v) is 10.9. The predicted octanol–water partition coefficient (Wildman–Crippen LogP) is 1.46. The molecule has 2 rings (SSSR count). The number of aromatic nitrogens is 3. The molecule has 2 N–H and O–H groups in total. The molecule has 0 aliphatic carbocycles. The molecule has 0 saturated heterocycles. The number of hydrogen-bond acceptors (Lipinski definition) is 4. The van der Waals surface area contributed by atoms with Gasteiger partial charge in [0.1, 0.15) is 11.5 Å². The predicted molar refractivity (Wildman–Crippen MR) is 73.0 cm³/mol. The van der Waals surface area contributed by atoms with Gasteiger partial charge in [0.15, 0.2) is 0 Å². The van der Waals surface area contributed by atoms with Crippen molar-refractivity contribution in [1.29, 1.82) is 0 Å². The van der Waals surface area contributed by atoms with E-state index in [0.29, 0.717) is 24.4 Å². The van der Waals surface area contributed by atoms with E-state index in [1.54, 1.807) is 29.0 Å². The summed E-state index contributed by atoms with van der Waals surface area (Å²) in [6, 6.07) is 6.08. The SMILES string of the molecule is OCCCn1nnc(CO)c1/C=C/c1ccc(F)cc1. The van der Waals surface area contributed by atoms with Crippen LogP contribution in [0.25, 0.3) is 12.2 Å². The number of aliphatic hydroxyl groups excluding tert-OH is 2. The summed E-state index contributed by atoms with van der Waals surface area (Å²) < 4.78 is 14.4. The van der Waals surface area contributed by atoms with E-state index in [-0.39, 0.29) is 19.0 Å². The Morgan fingerprint density at radius 1 is 1.15 bits per heavy atom. The van der Waals surface area contributed by atoms with Gasteiger partial charge in [0, 0.05) is 13.2 Å². The fourth-order valence-corrected chi connectivity index (χ4v) is 1.79. The van der Waals surface area contributed by atoms with E-state index in [9.17, 15) is 9.50 Å². The minimum Gasteiger partial charge on any atom is -0.396 e. The molecule has 1 heterocycles. The Kier molecular flexibility index (Phi) is 4.97. The number of aliphatic hydroxyl groups is 2. The minimum atomic E-state index is -0.284. The largest absolute Gasteiger partial charge is 0.396 e. The summed E-state index contributed by atoms with van der Waals surface area (Å²) >= 11 is 0. The zero-order chi connectivity index (χ0) is 14.4. The van der Waals surface area contributed by atoms with E-state index in [4.69, 9.17) is 5.11 Å². The van der Waals surface area contributed by atoms with E-state index in [1.165, 1.54) is 12.1 Å². The van der Waals surface area contributed by atoms with Crippen molar-refractivity contribution < 1.29 is 14.6 Å². The first-order chi connectivity index (χ1) is 9.74. The minimum absolute atomic E-state index is 0.0649. The fourth-order valence-electron chi connectivity index (χ4n) is 1.79. The highest BCUT2D eigenvalue weighted by Gasteiger charge is 2.08. The first-order valence-corrected chi connectivity index (χ1v) is 6.32. The topological polar surface area (TPSA) is 71.2 Å². The van der Waals surface area contributed by atoms with Crippen LogP contribution in [-0.2, 0) is 13.2 Å². The monoisotopic (exact) mass is 277 g/mol. The van der Waals surface area contributed by atoms with Crippen molar-refractivity contribution in [2.24, 2.45) is 0 Å². The van der Waals surface area contributed by atoms with Gasteiger partial charge in [-0.15, -0.1) is 5.10 Å². The van der Waals surface area contributed by atoms with Gasteiger partial charge in [-0.1, -0.05) is 23.4 Å². The van der Waals surface area contributed by atoms with Crippen molar-refractivity contribution in [3.8, 4) is 0 Å². The maximum Gasteiger partial charge on any atom is 0.123 e. The molecule has 0 amide bonds. The number of hydrogen-bond donors (Lipinski definition) is 2. The molecule has 6 heteroatoms. The van der Waals surface area contributed by atoms with E-state index in [1.807, 2.05) is 0 Å². The molecular formula is C14H16FN3O2. The lowest BCUT2D eigenvalue weighted by Crippen LogP contribution is -2.04. The Morgan fingerprint density at radius 2 is 1.90 bits per heavy atom. The molecule has 20 heavy (non-hydrogen) atoms. The summed E-state index contributed by atoms with van der Waals surface area (Å²) in [5.41, 5.74) is 2.00. The molecule has 1 aromatic heterocycles. The lowest BCUT2D eigenvalue weighted by molar-refractivity contribution is 0.275. The van der Waals surface area contributed by atoms with Crippen LogP contribution >= 0.6 is 0 Å². The Bertz CT molecular complexity index is 579. The summed E-state index contributed by atoms with van der Waals surface area (Å²) in [6.07, 6.45) is 4.13. The third-order valence-corrected chi connectivity index (χ3v) is 2.83. The third-order valence-electron chi connectivity index (χ3n) is 2.83. The normalized spacial score (nSPS) is 11.3. The van der Waals surface area contributed by atoms with Crippen LogP contribution in [0.1, 0.15) is 23.4 Å². The number of halogens is 1. The van der Waals surface area contributed by atoms with Gasteiger partial charge in [0.2, 0.25) is 0 Å². The molecule has 0 radical (unpaired) electrons. The summed E-state index contributed by atoms with van der Waals surface area (Å²) in [7, 11) is 0. The van der Waals surface area contributed by atoms with Gasteiger partial charge in [-0.25, -0.2) is 9.07 Å². The maximum atomic E-state index is 12.8. The highest BCUT2D eigenvalue weighted by molar-refractivity contribution is 5.68. The second-order valence-corrected chi connectivity index (χ2v) is 4.26. The van der Waals surface area contributed by atoms with Crippen LogP contribution in [0.4, 0.5) is 4.39 Å². The third kappa shape index (κ3) is 3.49. The van der Waals surface area contributed by atoms with Crippen molar-refractivity contribution in [1.82, 2.24) is 15.0 Å². The molecule has 0 atom stereocenters. The van der Waals surface area contributed by atoms with E-state index < -0.39 is 0 Å². The molecule has 0 aliphatic rings. The Hall–Kier alpha value is -2.05. The molecule has 2 aromatic rings. The van der Waals surface area contributed by atoms with Crippen LogP contribution in [0.5, 0.6) is 0 Å². The van der Waals surface area contributed by atoms with Gasteiger partial charge in [-0.05, 0) is 30.2 Å². The highest BCUT2D eigenvalue weighted by Crippen LogP contribution is 2.12. The second-order valence-electron chi connectivity index (χ2n) is 4.26. The van der Waals surface area contributed by atoms with Gasteiger partial charge in [-0.3, -0.25) is 0 Å². The van der Waals surface area contributed by atoms with Crippen molar-refractivity contribution in [2.45, 2.75) is 19.6 Å². The molecule has 0 unspecified atom stereocenters. The van der Waals surface area contributed by atoms with E-state index >= 15 is 0 Å². The smallest absolute Gasteiger partial charge is 0.123 e. The van der Waals surface area contributed by atoms with Crippen LogP contribution in [-0.4, -0.2) is 31.8 Å². The lowest BCUT2D eigenvalue weighted by atomic mass is 10.2. The van der Waals surface area contributed by atoms with Gasteiger partial charge >= 0.3 is 0 Å². The van der Waals surface area contributed by atoms with Crippen molar-refractivity contribution in [3.05, 3.63) is 47.0 Å². The summed E-state index contributed by atoms with van der Waals surface area (Å²) in [4.78, 5) is 0. The molecule has 0 bridgehead atoms. The fraction of sp³-hybridized carbons (Fsp3) is 0.286. The van der Waals surface area contributed by atoms with Crippen LogP contribution in [0.3, 0.4) is 0 Å². The van der Waals surface area contributed by atoms with Gasteiger partial charge in [0.05, 0.1) is 12.3 Å². The summed E-state index contributed by atoms with van der Waals surface area (Å²) in [5.74, 6) is -0.284. The first kappa shape index (κ1) is 14.4. The number of nitrogens with zero attached hydrogens (tertiary/aromatic N) is 3. The maximum absolute atomic E-state index is 12.8.